The fraction of sp³-hybridized carbons (Fsp3) is 0.588. The zero-order valence-corrected chi connectivity index (χ0v) is 12.8. The Bertz CT molecular complexity index is 492. The highest BCUT2D eigenvalue weighted by atomic mass is 16.1. The standard InChI is InChI=1S/C17H26N2O/c1-12-9-10-13(2)15(11-12)17(3,16(18)20)19-14-7-5-4-6-8-14/h9-11,14,19H,4-8H2,1-3H3,(H2,18,20). The Hall–Kier alpha value is -1.35. The Morgan fingerprint density at radius 2 is 1.90 bits per heavy atom. The van der Waals surface area contributed by atoms with Crippen LogP contribution >= 0.6 is 0 Å². The predicted molar refractivity (Wildman–Crippen MR) is 82.5 cm³/mol. The summed E-state index contributed by atoms with van der Waals surface area (Å²) in [6.07, 6.45) is 6.04. The Labute approximate surface area is 121 Å². The van der Waals surface area contributed by atoms with Crippen molar-refractivity contribution < 1.29 is 4.79 Å². The number of hydrogen-bond donors (Lipinski definition) is 2. The van der Waals surface area contributed by atoms with Crippen molar-refractivity contribution in [1.82, 2.24) is 5.32 Å². The fourth-order valence-electron chi connectivity index (χ4n) is 3.21. The van der Waals surface area contributed by atoms with E-state index in [0.29, 0.717) is 6.04 Å². The molecule has 1 unspecified atom stereocenters. The van der Waals surface area contributed by atoms with E-state index < -0.39 is 5.54 Å². The summed E-state index contributed by atoms with van der Waals surface area (Å²) < 4.78 is 0. The van der Waals surface area contributed by atoms with Crippen LogP contribution in [0.3, 0.4) is 0 Å². The van der Waals surface area contributed by atoms with Crippen molar-refractivity contribution >= 4 is 5.91 Å². The van der Waals surface area contributed by atoms with E-state index in [1.165, 1.54) is 19.3 Å². The molecule has 1 aliphatic carbocycles. The molecule has 0 saturated heterocycles. The van der Waals surface area contributed by atoms with Crippen LogP contribution in [0.15, 0.2) is 18.2 Å². The molecule has 2 rings (SSSR count). The summed E-state index contributed by atoms with van der Waals surface area (Å²) in [5.41, 5.74) is 8.24. The molecule has 1 fully saturated rings. The van der Waals surface area contributed by atoms with Crippen LogP contribution in [0.25, 0.3) is 0 Å². The van der Waals surface area contributed by atoms with Crippen LogP contribution in [-0.4, -0.2) is 11.9 Å². The van der Waals surface area contributed by atoms with Crippen molar-refractivity contribution in [1.29, 1.82) is 0 Å². The molecular formula is C17H26N2O. The van der Waals surface area contributed by atoms with Gasteiger partial charge in [-0.1, -0.05) is 43.0 Å². The molecule has 0 aromatic heterocycles. The fourth-order valence-corrected chi connectivity index (χ4v) is 3.21. The number of nitrogens with two attached hydrogens (primary N) is 1. The van der Waals surface area contributed by atoms with Gasteiger partial charge >= 0.3 is 0 Å². The van der Waals surface area contributed by atoms with Crippen molar-refractivity contribution in [3.8, 4) is 0 Å². The molecule has 110 valence electrons. The summed E-state index contributed by atoms with van der Waals surface area (Å²) in [6, 6.07) is 6.60. The number of benzene rings is 1. The Kier molecular flexibility index (Phi) is 4.48. The maximum Gasteiger partial charge on any atom is 0.242 e. The molecule has 0 spiro atoms. The number of carbonyl (C=O) groups is 1. The molecule has 1 amide bonds. The van der Waals surface area contributed by atoms with Gasteiger partial charge < -0.3 is 5.73 Å². The normalized spacial score (nSPS) is 19.6. The zero-order chi connectivity index (χ0) is 14.8. The SMILES string of the molecule is Cc1ccc(C)c(C(C)(NC2CCCCC2)C(N)=O)c1. The summed E-state index contributed by atoms with van der Waals surface area (Å²) >= 11 is 0. The minimum Gasteiger partial charge on any atom is -0.368 e. The first-order valence-corrected chi connectivity index (χ1v) is 7.59. The number of nitrogens with one attached hydrogen (secondary N) is 1. The maximum absolute atomic E-state index is 12.1. The summed E-state index contributed by atoms with van der Waals surface area (Å²) in [5, 5.41) is 3.54. The largest absolute Gasteiger partial charge is 0.368 e. The van der Waals surface area contributed by atoms with E-state index in [1.54, 1.807) is 0 Å². The lowest BCUT2D eigenvalue weighted by Crippen LogP contribution is -2.55. The molecule has 0 heterocycles. The summed E-state index contributed by atoms with van der Waals surface area (Å²) in [6.45, 7) is 6.01. The van der Waals surface area contributed by atoms with Gasteiger partial charge in [0.05, 0.1) is 0 Å². The van der Waals surface area contributed by atoms with Crippen LogP contribution in [0.2, 0.25) is 0 Å². The van der Waals surface area contributed by atoms with Crippen molar-refractivity contribution in [2.75, 3.05) is 0 Å². The Morgan fingerprint density at radius 1 is 1.25 bits per heavy atom. The third-order valence-electron chi connectivity index (χ3n) is 4.52. The van der Waals surface area contributed by atoms with Crippen molar-refractivity contribution in [2.45, 2.75) is 64.5 Å². The number of carbonyl (C=O) groups excluding carboxylic acids is 1. The van der Waals surface area contributed by atoms with Gasteiger partial charge in [-0.05, 0) is 44.7 Å². The minimum absolute atomic E-state index is 0.295. The molecule has 0 radical (unpaired) electrons. The highest BCUT2D eigenvalue weighted by molar-refractivity contribution is 5.86. The second-order valence-corrected chi connectivity index (χ2v) is 6.29. The highest BCUT2D eigenvalue weighted by Gasteiger charge is 2.36. The lowest BCUT2D eigenvalue weighted by molar-refractivity contribution is -0.124. The Morgan fingerprint density at radius 3 is 2.50 bits per heavy atom. The first-order chi connectivity index (χ1) is 9.43. The molecule has 1 aromatic carbocycles. The summed E-state index contributed by atoms with van der Waals surface area (Å²) in [5.74, 6) is -0.295. The molecule has 3 N–H and O–H groups in total. The molecular weight excluding hydrogens is 248 g/mol. The third-order valence-corrected chi connectivity index (χ3v) is 4.52. The Balaban J connectivity index is 2.32. The van der Waals surface area contributed by atoms with Gasteiger partial charge in [-0.3, -0.25) is 10.1 Å². The van der Waals surface area contributed by atoms with Gasteiger partial charge in [0.1, 0.15) is 5.54 Å². The van der Waals surface area contributed by atoms with Crippen LogP contribution in [0, 0.1) is 13.8 Å². The van der Waals surface area contributed by atoms with E-state index in [1.807, 2.05) is 20.8 Å². The van der Waals surface area contributed by atoms with Gasteiger partial charge in [0.15, 0.2) is 0 Å². The molecule has 1 atom stereocenters. The molecule has 20 heavy (non-hydrogen) atoms. The molecule has 3 heteroatoms. The van der Waals surface area contributed by atoms with Gasteiger partial charge in [0.25, 0.3) is 0 Å². The van der Waals surface area contributed by atoms with Gasteiger partial charge in [-0.2, -0.15) is 0 Å². The third kappa shape index (κ3) is 3.04. The molecule has 1 saturated carbocycles. The lowest BCUT2D eigenvalue weighted by Gasteiger charge is -2.36. The van der Waals surface area contributed by atoms with Crippen LogP contribution < -0.4 is 11.1 Å². The number of rotatable bonds is 4. The van der Waals surface area contributed by atoms with E-state index in [4.69, 9.17) is 5.73 Å². The highest BCUT2D eigenvalue weighted by Crippen LogP contribution is 2.28. The summed E-state index contributed by atoms with van der Waals surface area (Å²) in [7, 11) is 0. The van der Waals surface area contributed by atoms with Gasteiger partial charge in [0.2, 0.25) is 5.91 Å². The molecule has 1 aliphatic rings. The van der Waals surface area contributed by atoms with E-state index >= 15 is 0 Å². The first-order valence-electron chi connectivity index (χ1n) is 7.59. The topological polar surface area (TPSA) is 55.1 Å². The van der Waals surface area contributed by atoms with E-state index in [-0.39, 0.29) is 5.91 Å². The van der Waals surface area contributed by atoms with E-state index in [2.05, 4.69) is 23.5 Å². The second-order valence-electron chi connectivity index (χ2n) is 6.29. The minimum atomic E-state index is -0.780. The monoisotopic (exact) mass is 274 g/mol. The quantitative estimate of drug-likeness (QED) is 0.887. The van der Waals surface area contributed by atoms with Gasteiger partial charge in [-0.15, -0.1) is 0 Å². The van der Waals surface area contributed by atoms with Crippen LogP contribution in [0.1, 0.15) is 55.7 Å². The van der Waals surface area contributed by atoms with E-state index in [9.17, 15) is 4.79 Å². The van der Waals surface area contributed by atoms with Gasteiger partial charge in [0, 0.05) is 6.04 Å². The van der Waals surface area contributed by atoms with Crippen molar-refractivity contribution in [2.24, 2.45) is 5.73 Å². The molecule has 1 aromatic rings. The van der Waals surface area contributed by atoms with Crippen molar-refractivity contribution in [3.63, 3.8) is 0 Å². The average molecular weight is 274 g/mol. The first kappa shape index (κ1) is 15.0. The smallest absolute Gasteiger partial charge is 0.242 e. The van der Waals surface area contributed by atoms with Crippen LogP contribution in [0.4, 0.5) is 0 Å². The lowest BCUT2D eigenvalue weighted by atomic mass is 9.84. The van der Waals surface area contributed by atoms with E-state index in [0.717, 1.165) is 29.5 Å². The molecule has 3 nitrogen and oxygen atoms in total. The molecule has 0 bridgehead atoms. The number of hydrogen-bond acceptors (Lipinski definition) is 2. The summed E-state index contributed by atoms with van der Waals surface area (Å²) in [4.78, 5) is 12.1. The molecule has 0 aliphatic heterocycles. The zero-order valence-electron chi connectivity index (χ0n) is 12.8. The maximum atomic E-state index is 12.1. The predicted octanol–water partition coefficient (Wildman–Crippen LogP) is 2.93. The second kappa shape index (κ2) is 5.96. The van der Waals surface area contributed by atoms with Crippen molar-refractivity contribution in [3.05, 3.63) is 34.9 Å². The van der Waals surface area contributed by atoms with Crippen LogP contribution in [0.5, 0.6) is 0 Å². The number of aryl methyl sites for hydroxylation is 2. The average Bonchev–Trinajstić information content (AvgIpc) is 2.42. The number of primary amides is 1. The number of amides is 1. The van der Waals surface area contributed by atoms with Crippen LogP contribution in [-0.2, 0) is 10.3 Å². The van der Waals surface area contributed by atoms with Gasteiger partial charge in [-0.25, -0.2) is 0 Å².